The van der Waals surface area contributed by atoms with Crippen molar-refractivity contribution < 1.29 is 8.42 Å². The molecule has 6 nitrogen and oxygen atoms in total. The van der Waals surface area contributed by atoms with Crippen molar-refractivity contribution in [2.45, 2.75) is 32.1 Å². The molecule has 1 aliphatic heterocycles. The van der Waals surface area contributed by atoms with E-state index in [1.807, 2.05) is 0 Å². The molecule has 1 fully saturated rings. The number of aryl methyl sites for hydroxylation is 2. The van der Waals surface area contributed by atoms with Crippen LogP contribution in [-0.4, -0.2) is 37.3 Å². The van der Waals surface area contributed by atoms with Gasteiger partial charge >= 0.3 is 10.2 Å². The van der Waals surface area contributed by atoms with E-state index in [9.17, 15) is 8.42 Å². The number of nitrogens with zero attached hydrogens (tertiary/aromatic N) is 2. The van der Waals surface area contributed by atoms with Crippen LogP contribution in [0.1, 0.15) is 29.8 Å². The lowest BCUT2D eigenvalue weighted by Crippen LogP contribution is -2.42. The highest BCUT2D eigenvalue weighted by atomic mass is 32.2. The first-order valence-corrected chi connectivity index (χ1v) is 9.30. The summed E-state index contributed by atoms with van der Waals surface area (Å²) < 4.78 is 28.8. The van der Waals surface area contributed by atoms with Crippen molar-refractivity contribution in [2.75, 3.05) is 24.4 Å². The van der Waals surface area contributed by atoms with E-state index in [0.29, 0.717) is 30.7 Å². The van der Waals surface area contributed by atoms with E-state index >= 15 is 0 Å². The van der Waals surface area contributed by atoms with Crippen LogP contribution in [0.2, 0.25) is 0 Å². The summed E-state index contributed by atoms with van der Waals surface area (Å²) in [7, 11) is -3.47. The fourth-order valence-electron chi connectivity index (χ4n) is 2.79. The third-order valence-corrected chi connectivity index (χ3v) is 6.76. The third-order valence-electron chi connectivity index (χ3n) is 4.06. The largest absolute Gasteiger partial charge is 0.330 e. The second-order valence-corrected chi connectivity index (χ2v) is 8.18. The molecule has 20 heavy (non-hydrogen) atoms. The predicted octanol–water partition coefficient (Wildman–Crippen LogP) is 0.959. The van der Waals surface area contributed by atoms with Gasteiger partial charge in [0, 0.05) is 18.0 Å². The van der Waals surface area contributed by atoms with E-state index in [0.717, 1.165) is 37.8 Å². The Bertz CT molecular complexity index is 555. The molecule has 0 amide bonds. The molecule has 3 rings (SSSR count). The van der Waals surface area contributed by atoms with Crippen LogP contribution in [0.4, 0.5) is 5.13 Å². The highest BCUT2D eigenvalue weighted by molar-refractivity contribution is 7.90. The minimum atomic E-state index is -3.47. The minimum Gasteiger partial charge on any atom is -0.330 e. The van der Waals surface area contributed by atoms with E-state index in [2.05, 4.69) is 9.71 Å². The van der Waals surface area contributed by atoms with Gasteiger partial charge in [-0.2, -0.15) is 12.7 Å². The highest BCUT2D eigenvalue weighted by Crippen LogP contribution is 2.31. The van der Waals surface area contributed by atoms with Gasteiger partial charge < -0.3 is 5.73 Å². The Balaban J connectivity index is 1.66. The van der Waals surface area contributed by atoms with Crippen LogP contribution in [0.3, 0.4) is 0 Å². The average molecular weight is 316 g/mol. The van der Waals surface area contributed by atoms with Crippen LogP contribution in [0.5, 0.6) is 0 Å². The molecular weight excluding hydrogens is 296 g/mol. The van der Waals surface area contributed by atoms with Crippen molar-refractivity contribution in [2.24, 2.45) is 11.7 Å². The number of piperidine rings is 1. The van der Waals surface area contributed by atoms with Crippen molar-refractivity contribution in [3.05, 3.63) is 10.6 Å². The summed E-state index contributed by atoms with van der Waals surface area (Å²) >= 11 is 1.47. The van der Waals surface area contributed by atoms with Crippen molar-refractivity contribution in [3.8, 4) is 0 Å². The van der Waals surface area contributed by atoms with Crippen LogP contribution < -0.4 is 10.5 Å². The molecule has 0 unspecified atom stereocenters. The number of nitrogens with one attached hydrogen (secondary N) is 1. The van der Waals surface area contributed by atoms with E-state index in [1.165, 1.54) is 20.5 Å². The first-order chi connectivity index (χ1) is 9.58. The smallest absolute Gasteiger partial charge is 0.303 e. The monoisotopic (exact) mass is 316 g/mol. The number of hydrogen-bond acceptors (Lipinski definition) is 5. The molecule has 0 saturated carbocycles. The number of aromatic nitrogens is 1. The maximum absolute atomic E-state index is 12.3. The van der Waals surface area contributed by atoms with Gasteiger partial charge in [-0.1, -0.05) is 0 Å². The number of thiazole rings is 1. The quantitative estimate of drug-likeness (QED) is 0.866. The molecule has 2 aliphatic rings. The molecule has 0 atom stereocenters. The fraction of sp³-hybridized carbons (Fsp3) is 0.750. The van der Waals surface area contributed by atoms with Crippen LogP contribution in [-0.2, 0) is 23.1 Å². The molecule has 1 aromatic rings. The molecule has 0 bridgehead atoms. The van der Waals surface area contributed by atoms with Crippen LogP contribution in [0.15, 0.2) is 0 Å². The Hall–Kier alpha value is -0.700. The lowest BCUT2D eigenvalue weighted by atomic mass is 9.99. The zero-order chi connectivity index (χ0) is 14.2. The van der Waals surface area contributed by atoms with Crippen LogP contribution in [0, 0.1) is 5.92 Å². The summed E-state index contributed by atoms with van der Waals surface area (Å²) in [5.74, 6) is 0.449. The highest BCUT2D eigenvalue weighted by Gasteiger charge is 2.28. The number of rotatable bonds is 4. The summed E-state index contributed by atoms with van der Waals surface area (Å²) in [6, 6.07) is 0. The van der Waals surface area contributed by atoms with Crippen LogP contribution >= 0.6 is 11.3 Å². The minimum absolute atomic E-state index is 0.449. The van der Waals surface area contributed by atoms with Gasteiger partial charge in [0.1, 0.15) is 0 Å². The third kappa shape index (κ3) is 2.83. The summed E-state index contributed by atoms with van der Waals surface area (Å²) in [6.07, 6.45) is 4.80. The van der Waals surface area contributed by atoms with E-state index in [1.54, 1.807) is 0 Å². The average Bonchev–Trinajstić information content (AvgIpc) is 2.99. The Kier molecular flexibility index (Phi) is 3.98. The molecule has 1 aromatic heterocycles. The Morgan fingerprint density at radius 1 is 1.35 bits per heavy atom. The van der Waals surface area contributed by atoms with Gasteiger partial charge in [-0.05, 0) is 44.6 Å². The lowest BCUT2D eigenvalue weighted by Gasteiger charge is -2.30. The zero-order valence-corrected chi connectivity index (χ0v) is 13.0. The zero-order valence-electron chi connectivity index (χ0n) is 11.3. The Morgan fingerprint density at radius 2 is 2.10 bits per heavy atom. The van der Waals surface area contributed by atoms with Gasteiger partial charge in [0.05, 0.1) is 5.69 Å². The summed E-state index contributed by atoms with van der Waals surface area (Å²) in [5.41, 5.74) is 6.69. The van der Waals surface area contributed by atoms with Crippen molar-refractivity contribution in [1.82, 2.24) is 9.29 Å². The fourth-order valence-corrected chi connectivity index (χ4v) is 5.26. The van der Waals surface area contributed by atoms with Gasteiger partial charge in [-0.3, -0.25) is 0 Å². The molecule has 8 heteroatoms. The molecule has 3 N–H and O–H groups in total. The van der Waals surface area contributed by atoms with Gasteiger partial charge in [-0.25, -0.2) is 9.71 Å². The standard InChI is InChI=1S/C12H20N4O2S2/c13-8-9-4-6-16(7-5-9)20(17,18)15-12-14-10-2-1-3-11(10)19-12/h9H,1-8,13H2,(H,14,15). The normalized spacial score (nSPS) is 21.1. The predicted molar refractivity (Wildman–Crippen MR) is 80.0 cm³/mol. The lowest BCUT2D eigenvalue weighted by molar-refractivity contribution is 0.280. The first-order valence-electron chi connectivity index (χ1n) is 7.05. The van der Waals surface area contributed by atoms with Gasteiger partial charge in [0.15, 0.2) is 5.13 Å². The molecule has 0 radical (unpaired) electrons. The SMILES string of the molecule is NCC1CCN(S(=O)(=O)Nc2nc3c(s2)CCC3)CC1. The number of hydrogen-bond donors (Lipinski definition) is 2. The number of nitrogens with two attached hydrogens (primary N) is 1. The van der Waals surface area contributed by atoms with E-state index < -0.39 is 10.2 Å². The molecular formula is C12H20N4O2S2. The second-order valence-electron chi connectivity index (χ2n) is 5.43. The van der Waals surface area contributed by atoms with Gasteiger partial charge in [0.2, 0.25) is 0 Å². The van der Waals surface area contributed by atoms with Crippen molar-refractivity contribution >= 4 is 26.7 Å². The molecule has 1 saturated heterocycles. The number of fused-ring (bicyclic) bond motifs is 1. The van der Waals surface area contributed by atoms with Crippen molar-refractivity contribution in [1.29, 1.82) is 0 Å². The van der Waals surface area contributed by atoms with Crippen LogP contribution in [0.25, 0.3) is 0 Å². The number of anilines is 1. The Labute approximate surface area is 123 Å². The summed E-state index contributed by atoms with van der Waals surface area (Å²) in [4.78, 5) is 5.61. The Morgan fingerprint density at radius 3 is 2.75 bits per heavy atom. The maximum atomic E-state index is 12.3. The second kappa shape index (κ2) is 5.59. The van der Waals surface area contributed by atoms with E-state index in [-0.39, 0.29) is 0 Å². The molecule has 112 valence electrons. The molecule has 1 aliphatic carbocycles. The summed E-state index contributed by atoms with van der Waals surface area (Å²) in [6.45, 7) is 1.73. The summed E-state index contributed by atoms with van der Waals surface area (Å²) in [5, 5.41) is 0.510. The van der Waals surface area contributed by atoms with Gasteiger partial charge in [-0.15, -0.1) is 11.3 Å². The van der Waals surface area contributed by atoms with Gasteiger partial charge in [0.25, 0.3) is 0 Å². The van der Waals surface area contributed by atoms with E-state index in [4.69, 9.17) is 5.73 Å². The molecule has 2 heterocycles. The molecule has 0 aromatic carbocycles. The topological polar surface area (TPSA) is 88.3 Å². The first kappa shape index (κ1) is 14.2. The van der Waals surface area contributed by atoms with Crippen molar-refractivity contribution in [3.63, 3.8) is 0 Å². The maximum Gasteiger partial charge on any atom is 0.303 e. The molecule has 0 spiro atoms.